The number of nitrogens with zero attached hydrogens (tertiary/aromatic N) is 1. The number of aromatic amines is 1. The highest BCUT2D eigenvalue weighted by molar-refractivity contribution is 7.71. The van der Waals surface area contributed by atoms with Crippen molar-refractivity contribution in [2.75, 3.05) is 26.3 Å². The summed E-state index contributed by atoms with van der Waals surface area (Å²) in [6, 6.07) is 8.50. The van der Waals surface area contributed by atoms with Crippen LogP contribution in [-0.4, -0.2) is 35.9 Å². The van der Waals surface area contributed by atoms with Crippen LogP contribution >= 0.6 is 34.9 Å². The maximum Gasteiger partial charge on any atom is 0.182 e. The second-order valence-corrected chi connectivity index (χ2v) is 7.84. The fraction of sp³-hybridized carbons (Fsp3) is 0.312. The lowest BCUT2D eigenvalue weighted by Crippen LogP contribution is -3.13. The van der Waals surface area contributed by atoms with Gasteiger partial charge in [0.2, 0.25) is 0 Å². The van der Waals surface area contributed by atoms with Gasteiger partial charge >= 0.3 is 0 Å². The van der Waals surface area contributed by atoms with Crippen molar-refractivity contribution in [1.29, 1.82) is 0 Å². The van der Waals surface area contributed by atoms with E-state index in [0.29, 0.717) is 0 Å². The third kappa shape index (κ3) is 3.07. The lowest BCUT2D eigenvalue weighted by atomic mass is 10.2. The van der Waals surface area contributed by atoms with Crippen LogP contribution in [0.3, 0.4) is 0 Å². The van der Waals surface area contributed by atoms with Gasteiger partial charge in [-0.15, -0.1) is 22.7 Å². The number of nitrogens with one attached hydrogen (secondary N) is 2. The zero-order chi connectivity index (χ0) is 15.6. The molecule has 0 saturated carbocycles. The molecule has 1 saturated heterocycles. The van der Waals surface area contributed by atoms with Crippen molar-refractivity contribution in [3.63, 3.8) is 0 Å². The molecule has 4 heterocycles. The average Bonchev–Trinajstić information content (AvgIpc) is 3.30. The molecule has 0 amide bonds. The van der Waals surface area contributed by atoms with E-state index in [9.17, 15) is 0 Å². The maximum atomic E-state index is 5.65. The minimum absolute atomic E-state index is 0.802. The standard InChI is InChI=1S/C16H17N3OS3/c21-16-17-14(12-3-1-9-22-12)15(13-4-2-10-23-13)19(16)11-18-5-7-20-8-6-18/h1-4,9-10H,5-8,11H2,(H,17,21)/p+1. The molecule has 0 unspecified atom stereocenters. The number of morpholine rings is 1. The maximum absolute atomic E-state index is 5.65. The highest BCUT2D eigenvalue weighted by atomic mass is 32.1. The molecule has 0 aromatic carbocycles. The van der Waals surface area contributed by atoms with Crippen LogP contribution in [-0.2, 0) is 11.4 Å². The van der Waals surface area contributed by atoms with Crippen molar-refractivity contribution in [3.8, 4) is 21.1 Å². The summed E-state index contributed by atoms with van der Waals surface area (Å²) in [5.41, 5.74) is 2.35. The Kier molecular flexibility index (Phi) is 4.46. The van der Waals surface area contributed by atoms with Gasteiger partial charge in [-0.25, -0.2) is 0 Å². The van der Waals surface area contributed by atoms with Crippen LogP contribution in [0.1, 0.15) is 0 Å². The molecule has 120 valence electrons. The molecule has 0 spiro atoms. The second kappa shape index (κ2) is 6.70. The number of imidazole rings is 1. The zero-order valence-corrected chi connectivity index (χ0v) is 15.0. The van der Waals surface area contributed by atoms with E-state index in [4.69, 9.17) is 17.0 Å². The summed E-state index contributed by atoms with van der Waals surface area (Å²) in [5, 5.41) is 4.23. The van der Waals surface area contributed by atoms with Gasteiger partial charge in [0.15, 0.2) is 11.4 Å². The Balaban J connectivity index is 1.80. The van der Waals surface area contributed by atoms with E-state index in [1.54, 1.807) is 22.7 Å². The van der Waals surface area contributed by atoms with Crippen LogP contribution in [0, 0.1) is 4.77 Å². The van der Waals surface area contributed by atoms with Crippen LogP contribution in [0.5, 0.6) is 0 Å². The van der Waals surface area contributed by atoms with Gasteiger partial charge in [0.1, 0.15) is 13.1 Å². The summed E-state index contributed by atoms with van der Waals surface area (Å²) in [4.78, 5) is 7.45. The molecule has 4 nitrogen and oxygen atoms in total. The fourth-order valence-electron chi connectivity index (χ4n) is 2.93. The molecular weight excluding hydrogens is 346 g/mol. The molecule has 0 bridgehead atoms. The number of ether oxygens (including phenoxy) is 1. The van der Waals surface area contributed by atoms with Gasteiger partial charge in [-0.3, -0.25) is 4.57 Å². The first-order valence-corrected chi connectivity index (χ1v) is 9.81. The van der Waals surface area contributed by atoms with Crippen LogP contribution < -0.4 is 4.90 Å². The van der Waals surface area contributed by atoms with E-state index in [1.165, 1.54) is 20.3 Å². The third-order valence-electron chi connectivity index (χ3n) is 4.09. The minimum Gasteiger partial charge on any atom is -0.370 e. The van der Waals surface area contributed by atoms with Crippen molar-refractivity contribution < 1.29 is 9.64 Å². The number of hydrogen-bond acceptors (Lipinski definition) is 4. The van der Waals surface area contributed by atoms with Crippen LogP contribution in [0.25, 0.3) is 21.1 Å². The lowest BCUT2D eigenvalue weighted by Gasteiger charge is -2.24. The van der Waals surface area contributed by atoms with E-state index in [-0.39, 0.29) is 0 Å². The van der Waals surface area contributed by atoms with Crippen molar-refractivity contribution in [2.24, 2.45) is 0 Å². The monoisotopic (exact) mass is 364 g/mol. The molecular formula is C16H18N3OS3+. The molecule has 0 aliphatic carbocycles. The first-order chi connectivity index (χ1) is 11.3. The van der Waals surface area contributed by atoms with Gasteiger partial charge in [0.25, 0.3) is 0 Å². The molecule has 1 fully saturated rings. The number of rotatable bonds is 4. The number of quaternary nitrogens is 1. The Hall–Kier alpha value is -1.25. The van der Waals surface area contributed by atoms with Crippen molar-refractivity contribution in [1.82, 2.24) is 9.55 Å². The second-order valence-electron chi connectivity index (χ2n) is 5.56. The highest BCUT2D eigenvalue weighted by Gasteiger charge is 2.21. The normalized spacial score (nSPS) is 16.0. The Labute approximate surface area is 148 Å². The van der Waals surface area contributed by atoms with Crippen molar-refractivity contribution in [3.05, 3.63) is 39.8 Å². The lowest BCUT2D eigenvalue weighted by molar-refractivity contribution is -0.930. The topological polar surface area (TPSA) is 34.4 Å². The summed E-state index contributed by atoms with van der Waals surface area (Å²) >= 11 is 9.15. The van der Waals surface area contributed by atoms with Gasteiger partial charge in [-0.1, -0.05) is 12.1 Å². The predicted octanol–water partition coefficient (Wildman–Crippen LogP) is 2.88. The molecule has 0 atom stereocenters. The minimum atomic E-state index is 0.802. The highest BCUT2D eigenvalue weighted by Crippen LogP contribution is 2.36. The van der Waals surface area contributed by atoms with E-state index in [0.717, 1.165) is 43.4 Å². The average molecular weight is 365 g/mol. The van der Waals surface area contributed by atoms with Crippen LogP contribution in [0.4, 0.5) is 0 Å². The molecule has 4 rings (SSSR count). The summed E-state index contributed by atoms with van der Waals surface area (Å²) < 4.78 is 8.54. The molecule has 3 aromatic heterocycles. The smallest absolute Gasteiger partial charge is 0.182 e. The summed E-state index contributed by atoms with van der Waals surface area (Å²) in [5.74, 6) is 0. The largest absolute Gasteiger partial charge is 0.370 e. The van der Waals surface area contributed by atoms with E-state index < -0.39 is 0 Å². The molecule has 1 aliphatic heterocycles. The number of H-pyrrole nitrogens is 1. The van der Waals surface area contributed by atoms with E-state index >= 15 is 0 Å². The molecule has 1 aliphatic rings. The molecule has 0 radical (unpaired) electrons. The Morgan fingerprint density at radius 3 is 2.48 bits per heavy atom. The number of hydrogen-bond donors (Lipinski definition) is 2. The van der Waals surface area contributed by atoms with Gasteiger partial charge in [0.05, 0.1) is 34.4 Å². The quantitative estimate of drug-likeness (QED) is 0.698. The van der Waals surface area contributed by atoms with Gasteiger partial charge in [-0.05, 0) is 35.1 Å². The summed E-state index contributed by atoms with van der Waals surface area (Å²) in [7, 11) is 0. The Morgan fingerprint density at radius 1 is 1.13 bits per heavy atom. The third-order valence-corrected chi connectivity index (χ3v) is 6.17. The van der Waals surface area contributed by atoms with E-state index in [2.05, 4.69) is 44.6 Å². The van der Waals surface area contributed by atoms with Gasteiger partial charge < -0.3 is 14.6 Å². The number of thiophene rings is 2. The zero-order valence-electron chi connectivity index (χ0n) is 12.6. The summed E-state index contributed by atoms with van der Waals surface area (Å²) in [6.45, 7) is 4.62. The molecule has 23 heavy (non-hydrogen) atoms. The van der Waals surface area contributed by atoms with Gasteiger partial charge in [-0.2, -0.15) is 0 Å². The van der Waals surface area contributed by atoms with Crippen LogP contribution in [0.15, 0.2) is 35.0 Å². The van der Waals surface area contributed by atoms with Crippen LogP contribution in [0.2, 0.25) is 0 Å². The Bertz CT molecular complexity index is 812. The molecule has 2 N–H and O–H groups in total. The first-order valence-electron chi connectivity index (χ1n) is 7.65. The van der Waals surface area contributed by atoms with Gasteiger partial charge in [0, 0.05) is 0 Å². The predicted molar refractivity (Wildman–Crippen MR) is 97.8 cm³/mol. The molecule has 3 aromatic rings. The number of aromatic nitrogens is 2. The SMILES string of the molecule is S=c1[nH]c(-c2cccs2)c(-c2cccs2)n1C[NH+]1CCOCC1. The Morgan fingerprint density at radius 2 is 1.83 bits per heavy atom. The van der Waals surface area contributed by atoms with E-state index in [1.807, 2.05) is 0 Å². The summed E-state index contributed by atoms with van der Waals surface area (Å²) in [6.07, 6.45) is 0. The fourth-order valence-corrected chi connectivity index (χ4v) is 4.70. The van der Waals surface area contributed by atoms with Crippen molar-refractivity contribution >= 4 is 34.9 Å². The molecule has 7 heteroatoms. The van der Waals surface area contributed by atoms with Crippen molar-refractivity contribution in [2.45, 2.75) is 6.67 Å². The first kappa shape index (κ1) is 15.3.